The molecule has 0 aliphatic carbocycles. The van der Waals surface area contributed by atoms with Gasteiger partial charge in [0.15, 0.2) is 0 Å². The minimum Gasteiger partial charge on any atom is -0.441 e. The van der Waals surface area contributed by atoms with Crippen LogP contribution < -0.4 is 4.74 Å². The molecule has 1 aromatic heterocycles. The average molecular weight is 380 g/mol. The van der Waals surface area contributed by atoms with Crippen LogP contribution in [-0.4, -0.2) is 10.5 Å². The van der Waals surface area contributed by atoms with E-state index < -0.39 is 5.92 Å². The summed E-state index contributed by atoms with van der Waals surface area (Å²) in [5.74, 6) is -0.151. The van der Waals surface area contributed by atoms with Gasteiger partial charge in [0.1, 0.15) is 11.7 Å². The molecule has 118 valence electrons. The van der Waals surface area contributed by atoms with Crippen LogP contribution in [0, 0.1) is 22.7 Å². The topological polar surface area (TPSA) is 61.8 Å². The molecule has 3 aromatic rings. The Labute approximate surface area is 147 Å². The molecule has 2 unspecified atom stereocenters. The molecular weight excluding hydrogens is 366 g/mol. The fourth-order valence-electron chi connectivity index (χ4n) is 3.41. The van der Waals surface area contributed by atoms with E-state index in [1.807, 2.05) is 60.3 Å². The zero-order valence-electron chi connectivity index (χ0n) is 13.0. The second-order valence-corrected chi connectivity index (χ2v) is 6.86. The molecule has 1 aliphatic heterocycles. The molecule has 24 heavy (non-hydrogen) atoms. The van der Waals surface area contributed by atoms with E-state index in [9.17, 15) is 5.26 Å². The monoisotopic (exact) mass is 379 g/mol. The summed E-state index contributed by atoms with van der Waals surface area (Å²) in [6, 6.07) is 16.2. The van der Waals surface area contributed by atoms with E-state index in [2.05, 4.69) is 22.0 Å². The fraction of sp³-hybridized carbons (Fsp3) is 0.158. The van der Waals surface area contributed by atoms with Crippen LogP contribution in [0.3, 0.4) is 0 Å². The van der Waals surface area contributed by atoms with Gasteiger partial charge in [-0.2, -0.15) is 5.26 Å². The predicted molar refractivity (Wildman–Crippen MR) is 96.4 cm³/mol. The normalized spacial score (nSPS) is 19.6. The average Bonchev–Trinajstić information content (AvgIpc) is 2.95. The van der Waals surface area contributed by atoms with Crippen LogP contribution in [0.1, 0.15) is 17.0 Å². The quantitative estimate of drug-likeness (QED) is 0.672. The second-order valence-electron chi connectivity index (χ2n) is 5.95. The first-order chi connectivity index (χ1) is 11.6. The number of hydrogen-bond acceptors (Lipinski definition) is 3. The van der Waals surface area contributed by atoms with Crippen LogP contribution in [0.2, 0.25) is 0 Å². The summed E-state index contributed by atoms with van der Waals surface area (Å²) >= 11 is 3.50. The second kappa shape index (κ2) is 5.50. The van der Waals surface area contributed by atoms with Crippen molar-refractivity contribution in [1.82, 2.24) is 4.57 Å². The van der Waals surface area contributed by atoms with Gasteiger partial charge in [-0.15, -0.1) is 0 Å². The van der Waals surface area contributed by atoms with Crippen molar-refractivity contribution in [2.45, 2.75) is 5.92 Å². The largest absolute Gasteiger partial charge is 0.441 e. The molecule has 2 atom stereocenters. The van der Waals surface area contributed by atoms with Gasteiger partial charge in [-0.25, -0.2) is 0 Å². The highest BCUT2D eigenvalue weighted by molar-refractivity contribution is 9.10. The lowest BCUT2D eigenvalue weighted by Gasteiger charge is -2.31. The van der Waals surface area contributed by atoms with Gasteiger partial charge in [-0.1, -0.05) is 34.1 Å². The number of halogens is 1. The van der Waals surface area contributed by atoms with Crippen molar-refractivity contribution in [3.8, 4) is 11.8 Å². The smallest absolute Gasteiger partial charge is 0.205 e. The number of nitriles is 1. The van der Waals surface area contributed by atoms with E-state index in [0.717, 1.165) is 26.5 Å². The number of aryl methyl sites for hydroxylation is 1. The van der Waals surface area contributed by atoms with Crippen molar-refractivity contribution in [2.24, 2.45) is 13.0 Å². The molecule has 0 amide bonds. The summed E-state index contributed by atoms with van der Waals surface area (Å²) in [5.41, 5.74) is 3.00. The minimum absolute atomic E-state index is 0.00586. The van der Waals surface area contributed by atoms with E-state index in [1.54, 1.807) is 0 Å². The molecule has 0 saturated heterocycles. The molecule has 0 spiro atoms. The van der Waals surface area contributed by atoms with E-state index in [4.69, 9.17) is 10.1 Å². The molecule has 1 aliphatic rings. The number of ether oxygens (including phenoxy) is 1. The van der Waals surface area contributed by atoms with Crippen molar-refractivity contribution >= 4 is 32.7 Å². The molecule has 0 saturated carbocycles. The summed E-state index contributed by atoms with van der Waals surface area (Å²) in [5, 5.41) is 18.8. The Morgan fingerprint density at radius 1 is 1.25 bits per heavy atom. The van der Waals surface area contributed by atoms with Crippen molar-refractivity contribution in [3.63, 3.8) is 0 Å². The lowest BCUT2D eigenvalue weighted by Crippen LogP contribution is -2.31. The summed E-state index contributed by atoms with van der Waals surface area (Å²) in [6.45, 7) is 0. The summed E-state index contributed by atoms with van der Waals surface area (Å²) in [7, 11) is 1.98. The minimum atomic E-state index is -0.632. The molecular formula is C19H14BrN3O. The molecule has 4 nitrogen and oxygen atoms in total. The first-order valence-corrected chi connectivity index (χ1v) is 8.38. The third-order valence-corrected chi connectivity index (χ3v) is 5.05. The number of fused-ring (bicyclic) bond motifs is 3. The van der Waals surface area contributed by atoms with E-state index in [0.29, 0.717) is 5.75 Å². The standard InChI is InChI=1S/C19H14BrN3O/c1-23-8-7-13-16(23)6-5-14-17(11-3-2-4-12(20)9-11)15(10-21)19(22)24-18(13)14/h2-9,15,17,22H,1H3. The van der Waals surface area contributed by atoms with Crippen molar-refractivity contribution < 1.29 is 4.74 Å². The van der Waals surface area contributed by atoms with Gasteiger partial charge in [0.2, 0.25) is 5.90 Å². The lowest BCUT2D eigenvalue weighted by molar-refractivity contribution is 0.455. The number of aromatic nitrogens is 1. The summed E-state index contributed by atoms with van der Waals surface area (Å²) in [6.07, 6.45) is 1.97. The number of benzene rings is 2. The van der Waals surface area contributed by atoms with Gasteiger partial charge in [-0.05, 0) is 29.8 Å². The zero-order valence-corrected chi connectivity index (χ0v) is 14.5. The third-order valence-electron chi connectivity index (χ3n) is 4.56. The first kappa shape index (κ1) is 15.0. The first-order valence-electron chi connectivity index (χ1n) is 7.59. The molecule has 2 aromatic carbocycles. The van der Waals surface area contributed by atoms with Crippen LogP contribution in [0.5, 0.6) is 5.75 Å². The molecule has 2 heterocycles. The molecule has 0 bridgehead atoms. The molecule has 5 heteroatoms. The number of rotatable bonds is 1. The highest BCUT2D eigenvalue weighted by atomic mass is 79.9. The van der Waals surface area contributed by atoms with Crippen molar-refractivity contribution in [3.05, 3.63) is 64.3 Å². The molecule has 4 rings (SSSR count). The Kier molecular flexibility index (Phi) is 3.43. The Hall–Kier alpha value is -2.58. The van der Waals surface area contributed by atoms with Gasteiger partial charge >= 0.3 is 0 Å². The van der Waals surface area contributed by atoms with Gasteiger partial charge in [0.05, 0.1) is 11.6 Å². The number of nitrogens with zero attached hydrogens (tertiary/aromatic N) is 2. The van der Waals surface area contributed by atoms with Crippen LogP contribution in [-0.2, 0) is 7.05 Å². The fourth-order valence-corrected chi connectivity index (χ4v) is 3.83. The van der Waals surface area contributed by atoms with Crippen molar-refractivity contribution in [1.29, 1.82) is 10.7 Å². The lowest BCUT2D eigenvalue weighted by atomic mass is 9.79. The van der Waals surface area contributed by atoms with Crippen LogP contribution in [0.15, 0.2) is 53.1 Å². The molecule has 0 fully saturated rings. The number of nitrogens with one attached hydrogen (secondary N) is 1. The summed E-state index contributed by atoms with van der Waals surface area (Å²) in [4.78, 5) is 0. The Balaban J connectivity index is 2.00. The Morgan fingerprint density at radius 2 is 2.08 bits per heavy atom. The maximum atomic E-state index is 9.62. The van der Waals surface area contributed by atoms with Gasteiger partial charge in [0.25, 0.3) is 0 Å². The van der Waals surface area contributed by atoms with Crippen LogP contribution in [0.4, 0.5) is 0 Å². The predicted octanol–water partition coefficient (Wildman–Crippen LogP) is 4.58. The van der Waals surface area contributed by atoms with Gasteiger partial charge in [0, 0.05) is 34.6 Å². The van der Waals surface area contributed by atoms with Gasteiger partial charge < -0.3 is 9.30 Å². The van der Waals surface area contributed by atoms with Crippen LogP contribution >= 0.6 is 15.9 Å². The summed E-state index contributed by atoms with van der Waals surface area (Å²) < 4.78 is 8.76. The Bertz CT molecular complexity index is 1020. The highest BCUT2D eigenvalue weighted by Gasteiger charge is 2.37. The maximum absolute atomic E-state index is 9.62. The van der Waals surface area contributed by atoms with E-state index in [-0.39, 0.29) is 11.8 Å². The maximum Gasteiger partial charge on any atom is 0.205 e. The van der Waals surface area contributed by atoms with Crippen LogP contribution in [0.25, 0.3) is 10.9 Å². The van der Waals surface area contributed by atoms with Crippen molar-refractivity contribution in [2.75, 3.05) is 0 Å². The SMILES string of the molecule is Cn1ccc2c3c(ccc21)C(c1cccc(Br)c1)C(C#N)C(=N)O3. The third kappa shape index (κ3) is 2.15. The highest BCUT2D eigenvalue weighted by Crippen LogP contribution is 2.45. The van der Waals surface area contributed by atoms with Gasteiger partial charge in [-0.3, -0.25) is 5.41 Å². The zero-order chi connectivity index (χ0) is 16.8. The van der Waals surface area contributed by atoms with E-state index in [1.165, 1.54) is 0 Å². The van der Waals surface area contributed by atoms with E-state index >= 15 is 0 Å². The molecule has 0 radical (unpaired) electrons. The Morgan fingerprint density at radius 3 is 2.83 bits per heavy atom. The number of hydrogen-bond donors (Lipinski definition) is 1. The molecule has 1 N–H and O–H groups in total.